The van der Waals surface area contributed by atoms with Crippen LogP contribution in [0.5, 0.6) is 0 Å². The van der Waals surface area contributed by atoms with Crippen molar-refractivity contribution in [1.82, 2.24) is 0 Å². The second-order valence-electron chi connectivity index (χ2n) is 3.11. The quantitative estimate of drug-likeness (QED) is 0.641. The largest absolute Gasteiger partial charge is 0.300 e. The minimum absolute atomic E-state index is 0.191. The van der Waals surface area contributed by atoms with Crippen molar-refractivity contribution in [2.45, 2.75) is 45.3 Å². The van der Waals surface area contributed by atoms with Gasteiger partial charge in [0.2, 0.25) is 0 Å². The summed E-state index contributed by atoms with van der Waals surface area (Å²) in [5.41, 5.74) is 0. The molecular weight excluding hydrogens is 172 g/mol. The number of hydrogen-bond donors (Lipinski definition) is 0. The minimum atomic E-state index is -0.733. The van der Waals surface area contributed by atoms with Crippen LogP contribution in [0.2, 0.25) is 0 Å². The predicted octanol–water partition coefficient (Wildman–Crippen LogP) is 1.90. The van der Waals surface area contributed by atoms with Gasteiger partial charge in [-0.1, -0.05) is 13.8 Å². The Morgan fingerprint density at radius 1 is 1.50 bits per heavy atom. The molecule has 0 aliphatic carbocycles. The monoisotopic (exact) mass is 190 g/mol. The van der Waals surface area contributed by atoms with E-state index >= 15 is 0 Å². The molecule has 0 heterocycles. The lowest BCUT2D eigenvalue weighted by Crippen LogP contribution is -2.13. The maximum absolute atomic E-state index is 11.4. The maximum atomic E-state index is 11.4. The van der Waals surface area contributed by atoms with Crippen LogP contribution in [0.1, 0.15) is 40.0 Å². The number of carbonyl (C=O) groups is 1. The van der Waals surface area contributed by atoms with Gasteiger partial charge in [-0.25, -0.2) is 0 Å². The molecular formula is C9H18O2S. The van der Waals surface area contributed by atoms with E-state index in [4.69, 9.17) is 0 Å². The van der Waals surface area contributed by atoms with E-state index in [1.165, 1.54) is 0 Å². The van der Waals surface area contributed by atoms with Crippen LogP contribution in [-0.4, -0.2) is 21.0 Å². The van der Waals surface area contributed by atoms with Crippen molar-refractivity contribution >= 4 is 16.6 Å². The van der Waals surface area contributed by atoms with Crippen molar-refractivity contribution in [3.05, 3.63) is 0 Å². The molecule has 0 aromatic carbocycles. The van der Waals surface area contributed by atoms with Gasteiger partial charge in [-0.2, -0.15) is 0 Å². The average Bonchev–Trinajstić information content (AvgIpc) is 2.02. The molecule has 0 radical (unpaired) electrons. The highest BCUT2D eigenvalue weighted by Crippen LogP contribution is 2.03. The summed E-state index contributed by atoms with van der Waals surface area (Å²) in [6.45, 7) is 5.60. The molecule has 2 atom stereocenters. The van der Waals surface area contributed by atoms with Crippen molar-refractivity contribution in [2.75, 3.05) is 5.75 Å². The lowest BCUT2D eigenvalue weighted by molar-refractivity contribution is -0.117. The summed E-state index contributed by atoms with van der Waals surface area (Å²) in [6, 6.07) is 0. The van der Waals surface area contributed by atoms with E-state index in [1.54, 1.807) is 6.92 Å². The topological polar surface area (TPSA) is 34.1 Å². The Kier molecular flexibility index (Phi) is 6.25. The predicted molar refractivity (Wildman–Crippen MR) is 52.7 cm³/mol. The zero-order valence-corrected chi connectivity index (χ0v) is 8.95. The third-order valence-electron chi connectivity index (χ3n) is 1.90. The van der Waals surface area contributed by atoms with Crippen LogP contribution in [0.3, 0.4) is 0 Å². The summed E-state index contributed by atoms with van der Waals surface area (Å²) in [5, 5.41) is 0.275. The molecule has 0 aromatic heterocycles. The second-order valence-corrected chi connectivity index (χ2v) is 5.08. The first-order valence-corrected chi connectivity index (χ1v) is 5.82. The molecule has 72 valence electrons. The summed E-state index contributed by atoms with van der Waals surface area (Å²) < 4.78 is 11.4. The molecule has 0 saturated carbocycles. The Labute approximate surface area is 77.2 Å². The van der Waals surface area contributed by atoms with Crippen LogP contribution >= 0.6 is 0 Å². The SMILES string of the molecule is CCC(C)S(=O)CCCC(C)=O. The Balaban J connectivity index is 3.50. The normalized spacial score (nSPS) is 15.6. The van der Waals surface area contributed by atoms with Gasteiger partial charge in [0.25, 0.3) is 0 Å². The Bertz CT molecular complexity index is 166. The summed E-state index contributed by atoms with van der Waals surface area (Å²) in [6.07, 6.45) is 2.29. The van der Waals surface area contributed by atoms with Gasteiger partial charge in [0.05, 0.1) is 0 Å². The molecule has 0 N–H and O–H groups in total. The van der Waals surface area contributed by atoms with E-state index < -0.39 is 10.8 Å². The fourth-order valence-electron chi connectivity index (χ4n) is 0.850. The molecule has 0 saturated heterocycles. The van der Waals surface area contributed by atoms with Gasteiger partial charge < -0.3 is 4.79 Å². The smallest absolute Gasteiger partial charge is 0.129 e. The van der Waals surface area contributed by atoms with Crippen molar-refractivity contribution in [2.24, 2.45) is 0 Å². The Hall–Kier alpha value is -0.180. The van der Waals surface area contributed by atoms with Crippen LogP contribution in [0, 0.1) is 0 Å². The first-order chi connectivity index (χ1) is 5.57. The van der Waals surface area contributed by atoms with Gasteiger partial charge in [0.15, 0.2) is 0 Å². The molecule has 12 heavy (non-hydrogen) atoms. The van der Waals surface area contributed by atoms with E-state index in [-0.39, 0.29) is 11.0 Å². The van der Waals surface area contributed by atoms with Crippen molar-refractivity contribution in [1.29, 1.82) is 0 Å². The molecule has 3 heteroatoms. The van der Waals surface area contributed by atoms with E-state index in [0.29, 0.717) is 12.2 Å². The molecule has 0 spiro atoms. The highest BCUT2D eigenvalue weighted by molar-refractivity contribution is 7.85. The van der Waals surface area contributed by atoms with E-state index in [2.05, 4.69) is 0 Å². The molecule has 0 aromatic rings. The number of rotatable bonds is 6. The van der Waals surface area contributed by atoms with Crippen LogP contribution < -0.4 is 0 Å². The van der Waals surface area contributed by atoms with Gasteiger partial charge in [0.1, 0.15) is 5.78 Å². The van der Waals surface area contributed by atoms with Crippen LogP contribution in [-0.2, 0) is 15.6 Å². The maximum Gasteiger partial charge on any atom is 0.129 e. The summed E-state index contributed by atoms with van der Waals surface area (Å²) in [7, 11) is -0.733. The molecule has 0 aliphatic rings. The fraction of sp³-hybridized carbons (Fsp3) is 0.889. The van der Waals surface area contributed by atoms with Gasteiger partial charge in [0, 0.05) is 28.2 Å². The van der Waals surface area contributed by atoms with Gasteiger partial charge in [-0.05, 0) is 19.8 Å². The second kappa shape index (κ2) is 6.35. The van der Waals surface area contributed by atoms with Crippen molar-refractivity contribution in [3.63, 3.8) is 0 Å². The first-order valence-electron chi connectivity index (χ1n) is 4.44. The van der Waals surface area contributed by atoms with E-state index in [0.717, 1.165) is 12.8 Å². The Morgan fingerprint density at radius 2 is 2.08 bits per heavy atom. The third kappa shape index (κ3) is 5.47. The van der Waals surface area contributed by atoms with Crippen LogP contribution in [0.4, 0.5) is 0 Å². The van der Waals surface area contributed by atoms with E-state index in [9.17, 15) is 9.00 Å². The van der Waals surface area contributed by atoms with Crippen LogP contribution in [0.15, 0.2) is 0 Å². The molecule has 2 unspecified atom stereocenters. The first kappa shape index (κ1) is 11.8. The van der Waals surface area contributed by atoms with Gasteiger partial charge >= 0.3 is 0 Å². The van der Waals surface area contributed by atoms with E-state index in [1.807, 2.05) is 13.8 Å². The number of ketones is 1. The number of hydrogen-bond acceptors (Lipinski definition) is 2. The molecule has 0 amide bonds. The highest BCUT2D eigenvalue weighted by Gasteiger charge is 2.07. The molecule has 0 aliphatic heterocycles. The zero-order chi connectivity index (χ0) is 9.56. The van der Waals surface area contributed by atoms with Crippen molar-refractivity contribution < 1.29 is 9.00 Å². The minimum Gasteiger partial charge on any atom is -0.300 e. The average molecular weight is 190 g/mol. The van der Waals surface area contributed by atoms with Gasteiger partial charge in [-0.3, -0.25) is 4.21 Å². The Morgan fingerprint density at radius 3 is 2.50 bits per heavy atom. The highest BCUT2D eigenvalue weighted by atomic mass is 32.2. The molecule has 0 fully saturated rings. The van der Waals surface area contributed by atoms with Gasteiger partial charge in [-0.15, -0.1) is 0 Å². The lowest BCUT2D eigenvalue weighted by atomic mass is 10.3. The van der Waals surface area contributed by atoms with Crippen LogP contribution in [0.25, 0.3) is 0 Å². The number of carbonyl (C=O) groups excluding carboxylic acids is 1. The molecule has 2 nitrogen and oxygen atoms in total. The number of Topliss-reactive ketones (excluding diaryl/α,β-unsaturated/α-hetero) is 1. The summed E-state index contributed by atoms with van der Waals surface area (Å²) in [5.74, 6) is 0.866. The van der Waals surface area contributed by atoms with Crippen molar-refractivity contribution in [3.8, 4) is 0 Å². The summed E-state index contributed by atoms with van der Waals surface area (Å²) in [4.78, 5) is 10.6. The molecule has 0 bridgehead atoms. The zero-order valence-electron chi connectivity index (χ0n) is 8.13. The molecule has 0 rings (SSSR count). The fourth-order valence-corrected chi connectivity index (χ4v) is 2.05. The summed E-state index contributed by atoms with van der Waals surface area (Å²) >= 11 is 0. The standard InChI is InChI=1S/C9H18O2S/c1-4-9(3)12(11)7-5-6-8(2)10/h9H,4-7H2,1-3H3. The lowest BCUT2D eigenvalue weighted by Gasteiger charge is -2.07. The third-order valence-corrected chi connectivity index (χ3v) is 3.82.